The highest BCUT2D eigenvalue weighted by Crippen LogP contribution is 2.26. The zero-order valence-electron chi connectivity index (χ0n) is 11.1. The number of aryl methyl sites for hydroxylation is 1. The Kier molecular flexibility index (Phi) is 3.20. The number of aromatic nitrogens is 2. The fraction of sp³-hybridized carbons (Fsp3) is 0.714. The van der Waals surface area contributed by atoms with E-state index in [2.05, 4.69) is 28.1 Å². The number of fused-ring (bicyclic) bond motifs is 1. The molecule has 2 N–H and O–H groups in total. The standard InChI is InChI=1S/C14H22N4/c1-10-2-3-13-11(8-10)9-14(17-16-13)18-6-4-12(15)5-7-18/h9-10,12H,2-8,15H2,1H3. The summed E-state index contributed by atoms with van der Waals surface area (Å²) in [6.45, 7) is 4.36. The van der Waals surface area contributed by atoms with Gasteiger partial charge in [0.25, 0.3) is 0 Å². The molecule has 1 aromatic heterocycles. The van der Waals surface area contributed by atoms with Gasteiger partial charge in [0.05, 0.1) is 5.69 Å². The van der Waals surface area contributed by atoms with E-state index in [-0.39, 0.29) is 0 Å². The minimum absolute atomic E-state index is 0.367. The van der Waals surface area contributed by atoms with E-state index in [0.29, 0.717) is 6.04 Å². The normalized spacial score (nSPS) is 25.0. The Hall–Kier alpha value is -1.16. The predicted molar refractivity (Wildman–Crippen MR) is 72.6 cm³/mol. The van der Waals surface area contributed by atoms with Gasteiger partial charge in [0.15, 0.2) is 5.82 Å². The van der Waals surface area contributed by atoms with Crippen LogP contribution in [-0.4, -0.2) is 29.3 Å². The monoisotopic (exact) mass is 246 g/mol. The topological polar surface area (TPSA) is 55.0 Å². The van der Waals surface area contributed by atoms with Gasteiger partial charge in [0.1, 0.15) is 0 Å². The van der Waals surface area contributed by atoms with Crippen LogP contribution in [0.25, 0.3) is 0 Å². The van der Waals surface area contributed by atoms with Crippen LogP contribution in [0.5, 0.6) is 0 Å². The van der Waals surface area contributed by atoms with Gasteiger partial charge in [-0.25, -0.2) is 0 Å². The number of hydrogen-bond acceptors (Lipinski definition) is 4. The van der Waals surface area contributed by atoms with E-state index in [9.17, 15) is 0 Å². The van der Waals surface area contributed by atoms with Crippen LogP contribution in [0.2, 0.25) is 0 Å². The van der Waals surface area contributed by atoms with Gasteiger partial charge in [-0.3, -0.25) is 0 Å². The largest absolute Gasteiger partial charge is 0.355 e. The second-order valence-corrected chi connectivity index (χ2v) is 5.85. The molecule has 0 spiro atoms. The number of rotatable bonds is 1. The molecule has 98 valence electrons. The average molecular weight is 246 g/mol. The molecule has 18 heavy (non-hydrogen) atoms. The lowest BCUT2D eigenvalue weighted by Crippen LogP contribution is -2.40. The molecule has 4 heteroatoms. The van der Waals surface area contributed by atoms with Crippen molar-refractivity contribution >= 4 is 5.82 Å². The second kappa shape index (κ2) is 4.84. The fourth-order valence-electron chi connectivity index (χ4n) is 2.97. The molecular weight excluding hydrogens is 224 g/mol. The number of hydrogen-bond donors (Lipinski definition) is 1. The molecule has 0 radical (unpaired) electrons. The highest BCUT2D eigenvalue weighted by Gasteiger charge is 2.21. The molecule has 3 rings (SSSR count). The summed E-state index contributed by atoms with van der Waals surface area (Å²) in [4.78, 5) is 2.33. The molecule has 1 atom stereocenters. The Morgan fingerprint density at radius 2 is 2.00 bits per heavy atom. The smallest absolute Gasteiger partial charge is 0.151 e. The highest BCUT2D eigenvalue weighted by molar-refractivity contribution is 5.42. The van der Waals surface area contributed by atoms with Crippen molar-refractivity contribution in [2.45, 2.75) is 45.1 Å². The maximum atomic E-state index is 5.94. The molecule has 1 fully saturated rings. The average Bonchev–Trinajstić information content (AvgIpc) is 2.38. The first kappa shape index (κ1) is 11.9. The Balaban J connectivity index is 1.79. The van der Waals surface area contributed by atoms with Crippen molar-refractivity contribution in [3.05, 3.63) is 17.3 Å². The Morgan fingerprint density at radius 1 is 1.22 bits per heavy atom. The van der Waals surface area contributed by atoms with Crippen LogP contribution in [0.1, 0.15) is 37.4 Å². The zero-order chi connectivity index (χ0) is 12.5. The van der Waals surface area contributed by atoms with Gasteiger partial charge in [0.2, 0.25) is 0 Å². The van der Waals surface area contributed by atoms with Gasteiger partial charge in [-0.15, -0.1) is 5.10 Å². The van der Waals surface area contributed by atoms with Gasteiger partial charge in [-0.05, 0) is 49.7 Å². The summed E-state index contributed by atoms with van der Waals surface area (Å²) in [5, 5.41) is 8.83. The van der Waals surface area contributed by atoms with E-state index in [4.69, 9.17) is 5.73 Å². The van der Waals surface area contributed by atoms with Crippen LogP contribution < -0.4 is 10.6 Å². The van der Waals surface area contributed by atoms with Crippen LogP contribution in [-0.2, 0) is 12.8 Å². The molecule has 1 saturated heterocycles. The lowest BCUT2D eigenvalue weighted by atomic mass is 9.88. The molecule has 0 aromatic carbocycles. The van der Waals surface area contributed by atoms with Crippen LogP contribution in [0, 0.1) is 5.92 Å². The minimum atomic E-state index is 0.367. The van der Waals surface area contributed by atoms with E-state index < -0.39 is 0 Å². The third-order valence-corrected chi connectivity index (χ3v) is 4.25. The van der Waals surface area contributed by atoms with Crippen molar-refractivity contribution in [3.8, 4) is 0 Å². The van der Waals surface area contributed by atoms with Gasteiger partial charge < -0.3 is 10.6 Å². The Labute approximate surface area is 109 Å². The van der Waals surface area contributed by atoms with Crippen molar-refractivity contribution in [1.82, 2.24) is 10.2 Å². The maximum absolute atomic E-state index is 5.94. The van der Waals surface area contributed by atoms with E-state index in [1.165, 1.54) is 17.7 Å². The SMILES string of the molecule is CC1CCc2nnc(N3CCC(N)CC3)cc2C1. The third kappa shape index (κ3) is 2.34. The first-order valence-corrected chi connectivity index (χ1v) is 7.08. The molecule has 1 aliphatic carbocycles. The van der Waals surface area contributed by atoms with E-state index in [1.807, 2.05) is 0 Å². The van der Waals surface area contributed by atoms with Crippen molar-refractivity contribution in [1.29, 1.82) is 0 Å². The summed E-state index contributed by atoms with van der Waals surface area (Å²) in [6.07, 6.45) is 5.63. The first-order valence-electron chi connectivity index (χ1n) is 7.08. The Morgan fingerprint density at radius 3 is 2.78 bits per heavy atom. The molecule has 0 amide bonds. The predicted octanol–water partition coefficient (Wildman–Crippen LogP) is 1.53. The molecule has 2 heterocycles. The summed E-state index contributed by atoms with van der Waals surface area (Å²) < 4.78 is 0. The van der Waals surface area contributed by atoms with Crippen molar-refractivity contribution in [3.63, 3.8) is 0 Å². The minimum Gasteiger partial charge on any atom is -0.355 e. The van der Waals surface area contributed by atoms with Crippen molar-refractivity contribution in [2.75, 3.05) is 18.0 Å². The molecule has 0 bridgehead atoms. The van der Waals surface area contributed by atoms with Crippen molar-refractivity contribution in [2.24, 2.45) is 11.7 Å². The first-order chi connectivity index (χ1) is 8.72. The van der Waals surface area contributed by atoms with Gasteiger partial charge in [-0.1, -0.05) is 6.92 Å². The van der Waals surface area contributed by atoms with Gasteiger partial charge >= 0.3 is 0 Å². The number of nitrogens with two attached hydrogens (primary N) is 1. The van der Waals surface area contributed by atoms with Crippen LogP contribution in [0.15, 0.2) is 6.07 Å². The quantitative estimate of drug-likeness (QED) is 0.816. The lowest BCUT2D eigenvalue weighted by Gasteiger charge is -2.31. The summed E-state index contributed by atoms with van der Waals surface area (Å²) in [7, 11) is 0. The van der Waals surface area contributed by atoms with Crippen LogP contribution >= 0.6 is 0 Å². The molecule has 1 aliphatic heterocycles. The fourth-order valence-corrected chi connectivity index (χ4v) is 2.97. The second-order valence-electron chi connectivity index (χ2n) is 5.85. The molecule has 1 unspecified atom stereocenters. The van der Waals surface area contributed by atoms with Gasteiger partial charge in [-0.2, -0.15) is 5.10 Å². The molecule has 4 nitrogen and oxygen atoms in total. The number of piperidine rings is 1. The van der Waals surface area contributed by atoms with E-state index in [0.717, 1.165) is 50.5 Å². The third-order valence-electron chi connectivity index (χ3n) is 4.25. The summed E-state index contributed by atoms with van der Waals surface area (Å²) >= 11 is 0. The highest BCUT2D eigenvalue weighted by atomic mass is 15.3. The summed E-state index contributed by atoms with van der Waals surface area (Å²) in [5.74, 6) is 1.83. The van der Waals surface area contributed by atoms with Crippen LogP contribution in [0.4, 0.5) is 5.82 Å². The molecular formula is C14H22N4. The molecule has 1 aromatic rings. The zero-order valence-corrected chi connectivity index (χ0v) is 11.1. The van der Waals surface area contributed by atoms with Crippen LogP contribution in [0.3, 0.4) is 0 Å². The van der Waals surface area contributed by atoms with Crippen molar-refractivity contribution < 1.29 is 0 Å². The maximum Gasteiger partial charge on any atom is 0.151 e. The van der Waals surface area contributed by atoms with E-state index in [1.54, 1.807) is 0 Å². The Bertz CT molecular complexity index is 424. The lowest BCUT2D eigenvalue weighted by molar-refractivity contribution is 0.482. The summed E-state index contributed by atoms with van der Waals surface area (Å²) in [5.41, 5.74) is 8.57. The number of nitrogens with zero attached hydrogens (tertiary/aromatic N) is 3. The van der Waals surface area contributed by atoms with Gasteiger partial charge in [0, 0.05) is 19.1 Å². The number of anilines is 1. The molecule has 2 aliphatic rings. The van der Waals surface area contributed by atoms with E-state index >= 15 is 0 Å². The summed E-state index contributed by atoms with van der Waals surface area (Å²) in [6, 6.07) is 2.63. The molecule has 0 saturated carbocycles.